The van der Waals surface area contributed by atoms with E-state index in [1.54, 1.807) is 19.1 Å². The SMILES string of the molecule is CCONC(=O)c1cc2ccccc2cc1O. The largest absolute Gasteiger partial charge is 0.507 e. The van der Waals surface area contributed by atoms with Gasteiger partial charge in [0.25, 0.3) is 5.91 Å². The number of phenolic OH excluding ortho intramolecular Hbond substituents is 1. The van der Waals surface area contributed by atoms with E-state index in [0.29, 0.717) is 6.61 Å². The quantitative estimate of drug-likeness (QED) is 0.796. The summed E-state index contributed by atoms with van der Waals surface area (Å²) in [6.45, 7) is 2.14. The molecular weight excluding hydrogens is 218 g/mol. The molecule has 4 nitrogen and oxygen atoms in total. The minimum atomic E-state index is -0.449. The van der Waals surface area contributed by atoms with Gasteiger partial charge in [0, 0.05) is 0 Å². The molecule has 0 atom stereocenters. The van der Waals surface area contributed by atoms with Gasteiger partial charge in [0.2, 0.25) is 0 Å². The number of amides is 1. The predicted molar refractivity (Wildman–Crippen MR) is 64.7 cm³/mol. The molecule has 2 N–H and O–H groups in total. The van der Waals surface area contributed by atoms with Gasteiger partial charge in [-0.25, -0.2) is 5.48 Å². The predicted octanol–water partition coefficient (Wildman–Crippen LogP) is 2.23. The molecule has 0 saturated heterocycles. The monoisotopic (exact) mass is 231 g/mol. The summed E-state index contributed by atoms with van der Waals surface area (Å²) in [5, 5.41) is 11.5. The molecule has 0 unspecified atom stereocenters. The van der Waals surface area contributed by atoms with E-state index in [0.717, 1.165) is 10.8 Å². The van der Waals surface area contributed by atoms with Crippen LogP contribution in [-0.2, 0) is 4.84 Å². The van der Waals surface area contributed by atoms with Crippen LogP contribution < -0.4 is 5.48 Å². The maximum absolute atomic E-state index is 11.7. The molecule has 0 saturated carbocycles. The summed E-state index contributed by atoms with van der Waals surface area (Å²) in [4.78, 5) is 16.5. The van der Waals surface area contributed by atoms with Gasteiger partial charge in [-0.2, -0.15) is 0 Å². The van der Waals surface area contributed by atoms with Crippen LogP contribution in [0.25, 0.3) is 10.8 Å². The summed E-state index contributed by atoms with van der Waals surface area (Å²) in [6, 6.07) is 10.7. The zero-order chi connectivity index (χ0) is 12.3. The third-order valence-corrected chi connectivity index (χ3v) is 2.42. The Morgan fingerprint density at radius 2 is 1.94 bits per heavy atom. The van der Waals surface area contributed by atoms with Crippen LogP contribution in [0.4, 0.5) is 0 Å². The van der Waals surface area contributed by atoms with Crippen LogP contribution in [0.5, 0.6) is 5.75 Å². The molecule has 2 aromatic carbocycles. The van der Waals surface area contributed by atoms with E-state index < -0.39 is 5.91 Å². The highest BCUT2D eigenvalue weighted by atomic mass is 16.6. The van der Waals surface area contributed by atoms with E-state index in [-0.39, 0.29) is 11.3 Å². The number of hydrogen-bond donors (Lipinski definition) is 2. The normalized spacial score (nSPS) is 10.4. The summed E-state index contributed by atoms with van der Waals surface area (Å²) < 4.78 is 0. The highest BCUT2D eigenvalue weighted by molar-refractivity contribution is 6.01. The highest BCUT2D eigenvalue weighted by Crippen LogP contribution is 2.24. The lowest BCUT2D eigenvalue weighted by atomic mass is 10.1. The molecule has 88 valence electrons. The molecule has 0 aromatic heterocycles. The van der Waals surface area contributed by atoms with Crippen LogP contribution in [0.15, 0.2) is 36.4 Å². The Morgan fingerprint density at radius 3 is 2.59 bits per heavy atom. The number of aromatic hydroxyl groups is 1. The first-order valence-corrected chi connectivity index (χ1v) is 5.36. The van der Waals surface area contributed by atoms with Gasteiger partial charge in [0.1, 0.15) is 5.75 Å². The minimum absolute atomic E-state index is 0.0547. The third kappa shape index (κ3) is 2.37. The Labute approximate surface area is 98.8 Å². The van der Waals surface area contributed by atoms with Gasteiger partial charge in [-0.1, -0.05) is 24.3 Å². The first-order chi connectivity index (χ1) is 8.22. The second-order valence-corrected chi connectivity index (χ2v) is 3.58. The Balaban J connectivity index is 2.40. The van der Waals surface area contributed by atoms with Crippen LogP contribution in [0, 0.1) is 0 Å². The molecule has 0 spiro atoms. The second kappa shape index (κ2) is 4.84. The van der Waals surface area contributed by atoms with E-state index in [9.17, 15) is 9.90 Å². The van der Waals surface area contributed by atoms with E-state index in [2.05, 4.69) is 5.48 Å². The molecule has 0 aliphatic carbocycles. The van der Waals surface area contributed by atoms with Crippen LogP contribution in [-0.4, -0.2) is 17.6 Å². The van der Waals surface area contributed by atoms with Crippen molar-refractivity contribution < 1.29 is 14.7 Å². The van der Waals surface area contributed by atoms with Crippen molar-refractivity contribution in [2.45, 2.75) is 6.92 Å². The molecule has 4 heteroatoms. The van der Waals surface area contributed by atoms with E-state index in [4.69, 9.17) is 4.84 Å². The van der Waals surface area contributed by atoms with Gasteiger partial charge < -0.3 is 5.11 Å². The number of hydrogen-bond acceptors (Lipinski definition) is 3. The van der Waals surface area contributed by atoms with E-state index >= 15 is 0 Å². The number of phenols is 1. The lowest BCUT2D eigenvalue weighted by Crippen LogP contribution is -2.23. The number of rotatable bonds is 3. The number of nitrogens with one attached hydrogen (secondary N) is 1. The zero-order valence-electron chi connectivity index (χ0n) is 9.43. The zero-order valence-corrected chi connectivity index (χ0v) is 9.43. The van der Waals surface area contributed by atoms with Gasteiger partial charge in [-0.05, 0) is 29.8 Å². The fourth-order valence-corrected chi connectivity index (χ4v) is 1.60. The van der Waals surface area contributed by atoms with Crippen LogP contribution in [0.2, 0.25) is 0 Å². The topological polar surface area (TPSA) is 58.6 Å². The van der Waals surface area contributed by atoms with Gasteiger partial charge in [0.05, 0.1) is 12.2 Å². The molecule has 0 heterocycles. The Morgan fingerprint density at radius 1 is 1.29 bits per heavy atom. The minimum Gasteiger partial charge on any atom is -0.507 e. The van der Waals surface area contributed by atoms with Crippen LogP contribution >= 0.6 is 0 Å². The molecule has 1 amide bonds. The lowest BCUT2D eigenvalue weighted by Gasteiger charge is -2.07. The Bertz CT molecular complexity index is 551. The van der Waals surface area contributed by atoms with Crippen molar-refractivity contribution in [1.82, 2.24) is 5.48 Å². The number of carbonyl (C=O) groups excluding carboxylic acids is 1. The fraction of sp³-hybridized carbons (Fsp3) is 0.154. The first kappa shape index (κ1) is 11.4. The van der Waals surface area contributed by atoms with Gasteiger partial charge >= 0.3 is 0 Å². The van der Waals surface area contributed by atoms with Crippen molar-refractivity contribution in [2.24, 2.45) is 0 Å². The molecular formula is C13H13NO3. The first-order valence-electron chi connectivity index (χ1n) is 5.36. The van der Waals surface area contributed by atoms with Crippen molar-refractivity contribution in [3.8, 4) is 5.75 Å². The van der Waals surface area contributed by atoms with Gasteiger partial charge in [-0.3, -0.25) is 9.63 Å². The maximum Gasteiger partial charge on any atom is 0.278 e. The van der Waals surface area contributed by atoms with Crippen molar-refractivity contribution in [3.63, 3.8) is 0 Å². The third-order valence-electron chi connectivity index (χ3n) is 2.42. The molecule has 0 bridgehead atoms. The molecule has 0 radical (unpaired) electrons. The van der Waals surface area contributed by atoms with E-state index in [1.165, 1.54) is 0 Å². The molecule has 0 aliphatic rings. The standard InChI is InChI=1S/C13H13NO3/c1-2-17-14-13(16)11-7-9-5-3-4-6-10(9)8-12(11)15/h3-8,15H,2H2,1H3,(H,14,16). The van der Waals surface area contributed by atoms with Crippen molar-refractivity contribution in [3.05, 3.63) is 42.0 Å². The highest BCUT2D eigenvalue weighted by Gasteiger charge is 2.11. The average molecular weight is 231 g/mol. The van der Waals surface area contributed by atoms with Crippen LogP contribution in [0.1, 0.15) is 17.3 Å². The second-order valence-electron chi connectivity index (χ2n) is 3.58. The lowest BCUT2D eigenvalue weighted by molar-refractivity contribution is 0.0362. The molecule has 2 rings (SSSR count). The summed E-state index contributed by atoms with van der Waals surface area (Å²) in [6.07, 6.45) is 0. The van der Waals surface area contributed by atoms with Crippen LogP contribution in [0.3, 0.4) is 0 Å². The molecule has 2 aromatic rings. The van der Waals surface area contributed by atoms with Gasteiger partial charge in [-0.15, -0.1) is 0 Å². The van der Waals surface area contributed by atoms with E-state index in [1.807, 2.05) is 24.3 Å². The van der Waals surface area contributed by atoms with Crippen molar-refractivity contribution in [1.29, 1.82) is 0 Å². The summed E-state index contributed by atoms with van der Waals surface area (Å²) in [7, 11) is 0. The Kier molecular flexibility index (Phi) is 3.25. The summed E-state index contributed by atoms with van der Waals surface area (Å²) in [5.41, 5.74) is 2.46. The number of hydroxylamine groups is 1. The Hall–Kier alpha value is -2.07. The summed E-state index contributed by atoms with van der Waals surface area (Å²) >= 11 is 0. The number of benzene rings is 2. The maximum atomic E-state index is 11.7. The molecule has 17 heavy (non-hydrogen) atoms. The molecule has 0 fully saturated rings. The number of fused-ring (bicyclic) bond motifs is 1. The van der Waals surface area contributed by atoms with Crippen molar-refractivity contribution in [2.75, 3.05) is 6.61 Å². The average Bonchev–Trinajstić information content (AvgIpc) is 2.35. The fourth-order valence-electron chi connectivity index (χ4n) is 1.60. The van der Waals surface area contributed by atoms with Gasteiger partial charge in [0.15, 0.2) is 0 Å². The summed E-state index contributed by atoms with van der Waals surface area (Å²) in [5.74, 6) is -0.504. The molecule has 0 aliphatic heterocycles. The number of carbonyl (C=O) groups is 1. The smallest absolute Gasteiger partial charge is 0.278 e. The van der Waals surface area contributed by atoms with Crippen molar-refractivity contribution >= 4 is 16.7 Å².